The van der Waals surface area contributed by atoms with Crippen LogP contribution in [0.1, 0.15) is 36.2 Å². The van der Waals surface area contributed by atoms with E-state index >= 15 is 0 Å². The molecule has 0 aromatic heterocycles. The number of hydrogen-bond acceptors (Lipinski definition) is 3. The fourth-order valence-corrected chi connectivity index (χ4v) is 1.74. The van der Waals surface area contributed by atoms with Crippen LogP contribution in [0.5, 0.6) is 0 Å². The van der Waals surface area contributed by atoms with Gasteiger partial charge >= 0.3 is 0 Å². The number of amides is 2. The summed E-state index contributed by atoms with van der Waals surface area (Å²) in [5.41, 5.74) is 7.38. The minimum absolute atomic E-state index is 0.126. The molecule has 0 aliphatic heterocycles. The van der Waals surface area contributed by atoms with E-state index in [1.807, 2.05) is 26.0 Å². The molecule has 0 spiro atoms. The molecule has 0 saturated carbocycles. The zero-order valence-corrected chi connectivity index (χ0v) is 12.3. The van der Waals surface area contributed by atoms with Gasteiger partial charge in [0.05, 0.1) is 6.04 Å². The van der Waals surface area contributed by atoms with E-state index in [0.29, 0.717) is 12.1 Å². The van der Waals surface area contributed by atoms with Crippen LogP contribution in [-0.4, -0.2) is 24.9 Å². The Kier molecular flexibility index (Phi) is 6.18. The Hall–Kier alpha value is -1.88. The first kappa shape index (κ1) is 16.2. The maximum atomic E-state index is 11.8. The van der Waals surface area contributed by atoms with Crippen molar-refractivity contribution in [2.75, 3.05) is 7.05 Å². The third-order valence-electron chi connectivity index (χ3n) is 3.47. The van der Waals surface area contributed by atoms with Crippen molar-refractivity contribution in [2.24, 2.45) is 11.7 Å². The summed E-state index contributed by atoms with van der Waals surface area (Å²) in [7, 11) is 1.59. The van der Waals surface area contributed by atoms with E-state index in [1.165, 1.54) is 0 Å². The predicted octanol–water partition coefficient (Wildman–Crippen LogP) is 1.04. The molecule has 2 atom stereocenters. The molecule has 0 radical (unpaired) electrons. The lowest BCUT2D eigenvalue weighted by Gasteiger charge is -2.17. The lowest BCUT2D eigenvalue weighted by Crippen LogP contribution is -2.44. The molecule has 1 aromatic carbocycles. The van der Waals surface area contributed by atoms with Crippen molar-refractivity contribution in [3.63, 3.8) is 0 Å². The van der Waals surface area contributed by atoms with Gasteiger partial charge in [-0.3, -0.25) is 9.59 Å². The minimum Gasteiger partial charge on any atom is -0.355 e. The van der Waals surface area contributed by atoms with E-state index in [2.05, 4.69) is 10.6 Å². The second kappa shape index (κ2) is 7.65. The van der Waals surface area contributed by atoms with Gasteiger partial charge in [0.1, 0.15) is 0 Å². The van der Waals surface area contributed by atoms with Crippen LogP contribution < -0.4 is 16.4 Å². The lowest BCUT2D eigenvalue weighted by atomic mass is 9.99. The van der Waals surface area contributed by atoms with E-state index < -0.39 is 6.04 Å². The normalized spacial score (nSPS) is 13.4. The summed E-state index contributed by atoms with van der Waals surface area (Å²) in [6.45, 7) is 4.38. The van der Waals surface area contributed by atoms with Crippen LogP contribution in [0.3, 0.4) is 0 Å². The summed E-state index contributed by atoms with van der Waals surface area (Å²) in [5.74, 6) is -0.111. The van der Waals surface area contributed by atoms with Crippen molar-refractivity contribution in [3.8, 4) is 0 Å². The molecule has 0 fully saturated rings. The first-order valence-corrected chi connectivity index (χ1v) is 6.83. The summed E-state index contributed by atoms with van der Waals surface area (Å²) in [4.78, 5) is 23.2. The average Bonchev–Trinajstić information content (AvgIpc) is 2.50. The third-order valence-corrected chi connectivity index (χ3v) is 3.47. The highest BCUT2D eigenvalue weighted by atomic mass is 16.2. The van der Waals surface area contributed by atoms with Gasteiger partial charge in [-0.15, -0.1) is 0 Å². The first-order chi connectivity index (χ1) is 9.49. The number of benzene rings is 1. The maximum absolute atomic E-state index is 11.8. The molecule has 4 N–H and O–H groups in total. The van der Waals surface area contributed by atoms with Gasteiger partial charge in [0.15, 0.2) is 0 Å². The Balaban J connectivity index is 2.54. The van der Waals surface area contributed by atoms with Gasteiger partial charge in [0.2, 0.25) is 5.91 Å². The number of carbonyl (C=O) groups excluding carboxylic acids is 2. The summed E-state index contributed by atoms with van der Waals surface area (Å²) in [5, 5.41) is 5.37. The molecule has 110 valence electrons. The van der Waals surface area contributed by atoms with Gasteiger partial charge in [0, 0.05) is 19.2 Å². The molecule has 2 amide bonds. The Morgan fingerprint density at radius 1 is 1.25 bits per heavy atom. The predicted molar refractivity (Wildman–Crippen MR) is 79.1 cm³/mol. The van der Waals surface area contributed by atoms with E-state index in [-0.39, 0.29) is 17.7 Å². The first-order valence-electron chi connectivity index (χ1n) is 6.83. The van der Waals surface area contributed by atoms with Gasteiger partial charge in [-0.2, -0.15) is 0 Å². The van der Waals surface area contributed by atoms with Crippen LogP contribution in [0.25, 0.3) is 0 Å². The Bertz CT molecular complexity index is 457. The van der Waals surface area contributed by atoms with Crippen LogP contribution in [0.2, 0.25) is 0 Å². The van der Waals surface area contributed by atoms with Crippen LogP contribution in [0.15, 0.2) is 24.3 Å². The standard InChI is InChI=1S/C15H23N3O2/c1-4-10(2)13(16)15(20)18-9-11-5-7-12(8-6-11)14(19)17-3/h5-8,10,13H,4,9,16H2,1-3H3,(H,17,19)(H,18,20). The molecule has 0 heterocycles. The van der Waals surface area contributed by atoms with Crippen LogP contribution in [0.4, 0.5) is 0 Å². The molecule has 5 nitrogen and oxygen atoms in total. The lowest BCUT2D eigenvalue weighted by molar-refractivity contribution is -0.123. The SMILES string of the molecule is CCC(C)C(N)C(=O)NCc1ccc(C(=O)NC)cc1. The molecule has 0 aliphatic carbocycles. The number of nitrogens with one attached hydrogen (secondary N) is 2. The second-order valence-corrected chi connectivity index (χ2v) is 4.91. The fourth-order valence-electron chi connectivity index (χ4n) is 1.74. The minimum atomic E-state index is -0.481. The number of nitrogens with two attached hydrogens (primary N) is 1. The molecule has 1 rings (SSSR count). The number of hydrogen-bond donors (Lipinski definition) is 3. The van der Waals surface area contributed by atoms with Gasteiger partial charge in [0.25, 0.3) is 5.91 Å². The monoisotopic (exact) mass is 277 g/mol. The molecule has 2 unspecified atom stereocenters. The molecule has 0 aliphatic rings. The Labute approximate surface area is 119 Å². The van der Waals surface area contributed by atoms with Gasteiger partial charge in [-0.25, -0.2) is 0 Å². The summed E-state index contributed by atoms with van der Waals surface area (Å²) in [6.07, 6.45) is 0.870. The Morgan fingerprint density at radius 3 is 2.35 bits per heavy atom. The Morgan fingerprint density at radius 2 is 1.85 bits per heavy atom. The largest absolute Gasteiger partial charge is 0.355 e. The molecule has 0 saturated heterocycles. The third kappa shape index (κ3) is 4.35. The van der Waals surface area contributed by atoms with Crippen molar-refractivity contribution in [3.05, 3.63) is 35.4 Å². The smallest absolute Gasteiger partial charge is 0.251 e. The fraction of sp³-hybridized carbons (Fsp3) is 0.467. The number of carbonyl (C=O) groups is 2. The van der Waals surface area contributed by atoms with Crippen LogP contribution in [0, 0.1) is 5.92 Å². The average molecular weight is 277 g/mol. The van der Waals surface area contributed by atoms with E-state index in [0.717, 1.165) is 12.0 Å². The highest BCUT2D eigenvalue weighted by Gasteiger charge is 2.18. The molecule has 20 heavy (non-hydrogen) atoms. The molecular weight excluding hydrogens is 254 g/mol. The van der Waals surface area contributed by atoms with Crippen molar-refractivity contribution in [1.82, 2.24) is 10.6 Å². The summed E-state index contributed by atoms with van der Waals surface area (Å²) >= 11 is 0. The second-order valence-electron chi connectivity index (χ2n) is 4.91. The van der Waals surface area contributed by atoms with E-state index in [4.69, 9.17) is 5.73 Å². The van der Waals surface area contributed by atoms with Crippen molar-refractivity contribution >= 4 is 11.8 Å². The zero-order chi connectivity index (χ0) is 15.1. The van der Waals surface area contributed by atoms with Crippen LogP contribution in [-0.2, 0) is 11.3 Å². The molecule has 5 heteroatoms. The zero-order valence-electron chi connectivity index (χ0n) is 12.3. The molecule has 1 aromatic rings. The van der Waals surface area contributed by atoms with Gasteiger partial charge < -0.3 is 16.4 Å². The summed E-state index contributed by atoms with van der Waals surface area (Å²) < 4.78 is 0. The molecule has 0 bridgehead atoms. The molecular formula is C15H23N3O2. The van der Waals surface area contributed by atoms with E-state index in [1.54, 1.807) is 19.2 Å². The maximum Gasteiger partial charge on any atom is 0.251 e. The highest BCUT2D eigenvalue weighted by Crippen LogP contribution is 2.07. The van der Waals surface area contributed by atoms with Crippen molar-refractivity contribution in [1.29, 1.82) is 0 Å². The van der Waals surface area contributed by atoms with Crippen LogP contribution >= 0.6 is 0 Å². The van der Waals surface area contributed by atoms with Gasteiger partial charge in [-0.05, 0) is 23.6 Å². The topological polar surface area (TPSA) is 84.2 Å². The van der Waals surface area contributed by atoms with Crippen molar-refractivity contribution in [2.45, 2.75) is 32.9 Å². The van der Waals surface area contributed by atoms with E-state index in [9.17, 15) is 9.59 Å². The van der Waals surface area contributed by atoms with Crippen molar-refractivity contribution < 1.29 is 9.59 Å². The quantitative estimate of drug-likeness (QED) is 0.726. The number of rotatable bonds is 6. The summed E-state index contributed by atoms with van der Waals surface area (Å²) in [6, 6.07) is 6.62. The highest BCUT2D eigenvalue weighted by molar-refractivity contribution is 5.93. The van der Waals surface area contributed by atoms with Gasteiger partial charge in [-0.1, -0.05) is 32.4 Å².